The van der Waals surface area contributed by atoms with Crippen LogP contribution >= 0.6 is 23.2 Å². The monoisotopic (exact) mass is 337 g/mol. The fourth-order valence-electron chi connectivity index (χ4n) is 1.79. The van der Waals surface area contributed by atoms with Gasteiger partial charge in [-0.15, -0.1) is 0 Å². The highest BCUT2D eigenvalue weighted by molar-refractivity contribution is 6.39. The summed E-state index contributed by atoms with van der Waals surface area (Å²) in [4.78, 5) is 18.7. The van der Waals surface area contributed by atoms with E-state index in [-0.39, 0.29) is 44.4 Å². The Bertz CT molecular complexity index is 794. The Morgan fingerprint density at radius 3 is 2.36 bits per heavy atom. The molecule has 9 heteroatoms. The number of halogens is 2. The van der Waals surface area contributed by atoms with E-state index in [0.29, 0.717) is 0 Å². The normalized spacial score (nSPS) is 10.1. The van der Waals surface area contributed by atoms with E-state index in [9.17, 15) is 10.1 Å². The molecule has 7 nitrogen and oxygen atoms in total. The van der Waals surface area contributed by atoms with Gasteiger partial charge >= 0.3 is 5.97 Å². The number of hydrogen-bond donors (Lipinski definition) is 2. The van der Waals surface area contributed by atoms with E-state index < -0.39 is 5.97 Å². The summed E-state index contributed by atoms with van der Waals surface area (Å²) in [6.45, 7) is 1.25. The summed E-state index contributed by atoms with van der Waals surface area (Å²) in [5.41, 5.74) is 11.6. The van der Waals surface area contributed by atoms with Crippen molar-refractivity contribution in [3.8, 4) is 23.1 Å². The van der Waals surface area contributed by atoms with Crippen molar-refractivity contribution >= 4 is 40.9 Å². The smallest absolute Gasteiger partial charge is 0.308 e. The van der Waals surface area contributed by atoms with Crippen LogP contribution in [0.15, 0.2) is 12.1 Å². The number of carbonyl (C=O) groups excluding carboxylic acids is 1. The first-order chi connectivity index (χ1) is 10.3. The first-order valence-electron chi connectivity index (χ1n) is 5.84. The number of carbonyl (C=O) groups is 1. The van der Waals surface area contributed by atoms with E-state index in [1.807, 2.05) is 6.07 Å². The lowest BCUT2D eigenvalue weighted by Crippen LogP contribution is -2.06. The summed E-state index contributed by atoms with van der Waals surface area (Å²) in [6, 6.07) is 4.63. The van der Waals surface area contributed by atoms with Gasteiger partial charge in [-0.3, -0.25) is 4.79 Å². The lowest BCUT2D eigenvalue weighted by molar-refractivity contribution is -0.131. The average molecular weight is 338 g/mol. The Morgan fingerprint density at radius 2 is 1.86 bits per heavy atom. The van der Waals surface area contributed by atoms with Gasteiger partial charge in [0.1, 0.15) is 23.2 Å². The molecule has 112 valence electrons. The van der Waals surface area contributed by atoms with Crippen LogP contribution in [0.4, 0.5) is 11.8 Å². The number of aromatic nitrogens is 2. The number of nitriles is 1. The summed E-state index contributed by atoms with van der Waals surface area (Å²) in [5, 5.41) is 9.45. The second-order valence-corrected chi connectivity index (χ2v) is 4.97. The molecule has 0 aliphatic rings. The van der Waals surface area contributed by atoms with Crippen LogP contribution in [0.3, 0.4) is 0 Å². The Kier molecular flexibility index (Phi) is 4.35. The molecule has 0 saturated carbocycles. The second-order valence-electron chi connectivity index (χ2n) is 4.16. The zero-order valence-electron chi connectivity index (χ0n) is 11.2. The molecule has 0 bridgehead atoms. The fourth-order valence-corrected chi connectivity index (χ4v) is 2.43. The van der Waals surface area contributed by atoms with E-state index in [1.165, 1.54) is 19.1 Å². The van der Waals surface area contributed by atoms with Gasteiger partial charge in [-0.1, -0.05) is 23.2 Å². The maximum Gasteiger partial charge on any atom is 0.308 e. The third-order valence-corrected chi connectivity index (χ3v) is 3.18. The first kappa shape index (κ1) is 15.8. The lowest BCUT2D eigenvalue weighted by atomic mass is 10.1. The third-order valence-electron chi connectivity index (χ3n) is 2.58. The van der Waals surface area contributed by atoms with Crippen molar-refractivity contribution < 1.29 is 9.53 Å². The van der Waals surface area contributed by atoms with Gasteiger partial charge in [-0.25, -0.2) is 4.98 Å². The van der Waals surface area contributed by atoms with E-state index >= 15 is 0 Å². The first-order valence-corrected chi connectivity index (χ1v) is 6.60. The predicted molar refractivity (Wildman–Crippen MR) is 82.3 cm³/mol. The van der Waals surface area contributed by atoms with Crippen LogP contribution in [0.1, 0.15) is 12.5 Å². The van der Waals surface area contributed by atoms with Crippen LogP contribution < -0.4 is 16.2 Å². The summed E-state index contributed by atoms with van der Waals surface area (Å²) >= 11 is 12.3. The van der Waals surface area contributed by atoms with Gasteiger partial charge in [0.05, 0.1) is 15.7 Å². The third kappa shape index (κ3) is 3.03. The van der Waals surface area contributed by atoms with Crippen molar-refractivity contribution in [3.05, 3.63) is 27.7 Å². The molecule has 0 aliphatic heterocycles. The molecule has 0 spiro atoms. The molecule has 2 aromatic rings. The Morgan fingerprint density at radius 1 is 1.27 bits per heavy atom. The molecule has 0 atom stereocenters. The van der Waals surface area contributed by atoms with Gasteiger partial charge in [0, 0.05) is 24.6 Å². The van der Waals surface area contributed by atoms with Gasteiger partial charge in [0.15, 0.2) is 0 Å². The molecule has 4 N–H and O–H groups in total. The van der Waals surface area contributed by atoms with Crippen molar-refractivity contribution in [2.45, 2.75) is 6.92 Å². The minimum Gasteiger partial charge on any atom is -0.427 e. The fraction of sp³-hybridized carbons (Fsp3) is 0.0769. The van der Waals surface area contributed by atoms with Crippen molar-refractivity contribution in [2.75, 3.05) is 11.5 Å². The summed E-state index contributed by atoms with van der Waals surface area (Å²) in [6.07, 6.45) is 0. The summed E-state index contributed by atoms with van der Waals surface area (Å²) < 4.78 is 4.92. The maximum absolute atomic E-state index is 11.0. The summed E-state index contributed by atoms with van der Waals surface area (Å²) in [7, 11) is 0. The predicted octanol–water partition coefficient (Wildman–Crippen LogP) is 2.41. The minimum atomic E-state index is -0.520. The van der Waals surface area contributed by atoms with Crippen LogP contribution in [0.25, 0.3) is 11.3 Å². The highest BCUT2D eigenvalue weighted by Gasteiger charge is 2.20. The number of anilines is 2. The number of ether oxygens (including phenoxy) is 1. The Hall–Kier alpha value is -2.56. The number of nitrogens with two attached hydrogens (primary N) is 2. The van der Waals surface area contributed by atoms with Crippen LogP contribution in [-0.2, 0) is 4.79 Å². The number of esters is 1. The number of nitrogen functional groups attached to an aromatic ring is 2. The molecule has 0 unspecified atom stereocenters. The molecule has 0 amide bonds. The highest BCUT2D eigenvalue weighted by atomic mass is 35.5. The number of rotatable bonds is 2. The summed E-state index contributed by atoms with van der Waals surface area (Å²) in [5.74, 6) is -0.559. The van der Waals surface area contributed by atoms with Crippen molar-refractivity contribution in [3.63, 3.8) is 0 Å². The Labute approximate surface area is 135 Å². The van der Waals surface area contributed by atoms with E-state index in [1.54, 1.807) is 0 Å². The van der Waals surface area contributed by atoms with Gasteiger partial charge in [-0.05, 0) is 0 Å². The largest absolute Gasteiger partial charge is 0.427 e. The molecule has 1 aromatic heterocycles. The molecular weight excluding hydrogens is 329 g/mol. The quantitative estimate of drug-likeness (QED) is 0.635. The molecule has 0 saturated heterocycles. The average Bonchev–Trinajstić information content (AvgIpc) is 2.36. The molecule has 1 aromatic carbocycles. The molecule has 1 heterocycles. The van der Waals surface area contributed by atoms with E-state index in [4.69, 9.17) is 39.4 Å². The topological polar surface area (TPSA) is 128 Å². The lowest BCUT2D eigenvalue weighted by Gasteiger charge is -2.11. The number of nitrogens with zero attached hydrogens (tertiary/aromatic N) is 3. The number of benzene rings is 1. The van der Waals surface area contributed by atoms with E-state index in [2.05, 4.69) is 9.97 Å². The highest BCUT2D eigenvalue weighted by Crippen LogP contribution is 2.39. The van der Waals surface area contributed by atoms with Crippen LogP contribution in [0.5, 0.6) is 5.75 Å². The molecule has 2 rings (SSSR count). The van der Waals surface area contributed by atoms with E-state index in [0.717, 1.165) is 0 Å². The minimum absolute atomic E-state index is 0.00163. The van der Waals surface area contributed by atoms with Crippen molar-refractivity contribution in [2.24, 2.45) is 0 Å². The van der Waals surface area contributed by atoms with Crippen LogP contribution in [0.2, 0.25) is 10.0 Å². The zero-order chi connectivity index (χ0) is 16.4. The van der Waals surface area contributed by atoms with Crippen molar-refractivity contribution in [1.82, 2.24) is 9.97 Å². The van der Waals surface area contributed by atoms with Gasteiger partial charge in [0.2, 0.25) is 5.95 Å². The SMILES string of the molecule is CC(=O)Oc1cc(Cl)c(-c2nc(N)nc(N)c2C#N)c(Cl)c1. The molecule has 0 radical (unpaired) electrons. The van der Waals surface area contributed by atoms with Crippen molar-refractivity contribution in [1.29, 1.82) is 5.26 Å². The van der Waals surface area contributed by atoms with Crippen LogP contribution in [0, 0.1) is 11.3 Å². The number of hydrogen-bond acceptors (Lipinski definition) is 7. The molecule has 0 fully saturated rings. The zero-order valence-corrected chi connectivity index (χ0v) is 12.7. The van der Waals surface area contributed by atoms with Gasteiger partial charge < -0.3 is 16.2 Å². The molecular formula is C13H9Cl2N5O2. The standard InChI is InChI=1S/C13H9Cl2N5O2/c1-5(21)22-6-2-8(14)10(9(15)3-6)11-7(4-16)12(17)20-13(18)19-11/h2-3H,1H3,(H4,17,18,19,20). The maximum atomic E-state index is 11.0. The van der Waals surface area contributed by atoms with Crippen LogP contribution in [-0.4, -0.2) is 15.9 Å². The second kappa shape index (κ2) is 6.05. The Balaban J connectivity index is 2.69. The van der Waals surface area contributed by atoms with Gasteiger partial charge in [-0.2, -0.15) is 10.2 Å². The molecule has 22 heavy (non-hydrogen) atoms. The molecule has 0 aliphatic carbocycles. The van der Waals surface area contributed by atoms with Gasteiger partial charge in [0.25, 0.3) is 0 Å².